The Labute approximate surface area is 227 Å². The normalized spacial score (nSPS) is 8.83. The fourth-order valence-corrected chi connectivity index (χ4v) is 0.708. The third-order valence-corrected chi connectivity index (χ3v) is 1.31. The van der Waals surface area contributed by atoms with Gasteiger partial charge in [-0.2, -0.15) is 5.10 Å². The predicted octanol–water partition coefficient (Wildman–Crippen LogP) is 11.1. The summed E-state index contributed by atoms with van der Waals surface area (Å²) in [4.78, 5) is 9.28. The number of hydrogen-bond donors (Lipinski definition) is 3. The molecule has 0 spiro atoms. The zero-order valence-corrected chi connectivity index (χ0v) is 27.7. The van der Waals surface area contributed by atoms with Crippen LogP contribution in [0.2, 0.25) is 0 Å². The van der Waals surface area contributed by atoms with Gasteiger partial charge in [-0.05, 0) is 34.4 Å². The first-order valence-electron chi connectivity index (χ1n) is 13.4. The van der Waals surface area contributed by atoms with Crippen molar-refractivity contribution in [2.75, 3.05) is 0 Å². The van der Waals surface area contributed by atoms with Gasteiger partial charge in [-0.3, -0.25) is 5.10 Å². The maximum absolute atomic E-state index is 3.67. The van der Waals surface area contributed by atoms with Gasteiger partial charge in [0.25, 0.3) is 0 Å². The van der Waals surface area contributed by atoms with Crippen molar-refractivity contribution in [3.63, 3.8) is 0 Å². The summed E-state index contributed by atoms with van der Waals surface area (Å²) in [6.45, 7) is 38.2. The Morgan fingerprint density at radius 1 is 0.444 bits per heavy atom. The Hall–Kier alpha value is -2.30. The van der Waals surface area contributed by atoms with Crippen molar-refractivity contribution in [2.24, 2.45) is 16.2 Å². The average molecular weight is 510 g/mol. The lowest BCUT2D eigenvalue weighted by Gasteiger charge is -2.05. The molecule has 3 heterocycles. The largest absolute Gasteiger partial charge is 0.368 e. The van der Waals surface area contributed by atoms with Crippen LogP contribution in [0, 0.1) is 16.2 Å². The first-order chi connectivity index (χ1) is 16.5. The number of nitrogens with zero attached hydrogens (tertiary/aromatic N) is 2. The molecule has 0 saturated carbocycles. The highest BCUT2D eigenvalue weighted by Crippen LogP contribution is 2.08. The van der Waals surface area contributed by atoms with Crippen LogP contribution in [-0.2, 0) is 0 Å². The van der Waals surface area contributed by atoms with E-state index < -0.39 is 0 Å². The molecule has 0 aliphatic carbocycles. The highest BCUT2D eigenvalue weighted by atomic mass is 15.1. The number of H-pyrrole nitrogens is 3. The van der Waals surface area contributed by atoms with E-state index >= 15 is 0 Å². The van der Waals surface area contributed by atoms with Gasteiger partial charge < -0.3 is 9.97 Å². The van der Waals surface area contributed by atoms with E-state index in [2.05, 4.69) is 108 Å². The molecule has 0 aliphatic heterocycles. The summed E-state index contributed by atoms with van der Waals surface area (Å²) in [6, 6.07) is 5.72. The Kier molecular flexibility index (Phi) is 45.5. The predicted molar refractivity (Wildman–Crippen MR) is 167 cm³/mol. The van der Waals surface area contributed by atoms with Crippen molar-refractivity contribution in [3.05, 3.63) is 61.7 Å². The van der Waals surface area contributed by atoms with Gasteiger partial charge in [0, 0.05) is 37.2 Å². The molecule has 3 N–H and O–H groups in total. The van der Waals surface area contributed by atoms with Crippen LogP contribution in [0.1, 0.15) is 125 Å². The molecule has 3 aromatic rings. The maximum atomic E-state index is 3.67. The van der Waals surface area contributed by atoms with Crippen molar-refractivity contribution in [2.45, 2.75) is 125 Å². The molecular weight excluding hydrogens is 442 g/mol. The lowest BCUT2D eigenvalue weighted by molar-refractivity contribution is 0.469. The number of hydrogen-bond acceptors (Lipinski definition) is 2. The van der Waals surface area contributed by atoms with Crippen LogP contribution in [0.5, 0.6) is 0 Å². The van der Waals surface area contributed by atoms with Gasteiger partial charge in [-0.1, -0.05) is 125 Å². The summed E-state index contributed by atoms with van der Waals surface area (Å²) in [5.41, 5.74) is 1.50. The molecule has 0 unspecified atom stereocenters. The van der Waals surface area contributed by atoms with E-state index in [9.17, 15) is 0 Å². The zero-order valence-electron chi connectivity index (χ0n) is 27.7. The van der Waals surface area contributed by atoms with Gasteiger partial charge in [0.2, 0.25) is 0 Å². The molecule has 5 nitrogen and oxygen atoms in total. The van der Waals surface area contributed by atoms with Crippen LogP contribution in [0.15, 0.2) is 61.7 Å². The topological polar surface area (TPSA) is 73.2 Å². The number of rotatable bonds is 0. The van der Waals surface area contributed by atoms with Crippen LogP contribution in [0.25, 0.3) is 0 Å². The minimum Gasteiger partial charge on any atom is -0.368 e. The number of aromatic amines is 3. The maximum Gasteiger partial charge on any atom is 0.0919 e. The molecule has 3 rings (SSSR count). The van der Waals surface area contributed by atoms with E-state index in [-0.39, 0.29) is 0 Å². The Balaban J connectivity index is -0.0000000719. The fraction of sp³-hybridized carbons (Fsp3) is 0.677. The molecule has 0 radical (unpaired) electrons. The lowest BCUT2D eigenvalue weighted by Crippen LogP contribution is -1.93. The molecule has 5 heteroatoms. The first kappa shape index (κ1) is 47.0. The molecule has 0 aromatic carbocycles. The molecule has 0 atom stereocenters. The van der Waals surface area contributed by atoms with E-state index in [1.165, 1.54) is 0 Å². The third kappa shape index (κ3) is 185. The summed E-state index contributed by atoms with van der Waals surface area (Å²) in [5.74, 6) is 0. The molecule has 36 heavy (non-hydrogen) atoms. The molecule has 216 valence electrons. The molecule has 0 bridgehead atoms. The average Bonchev–Trinajstić information content (AvgIpc) is 3.56. The van der Waals surface area contributed by atoms with E-state index in [1.54, 1.807) is 31.1 Å². The highest BCUT2D eigenvalue weighted by Gasteiger charge is 1.96. The number of nitrogens with one attached hydrogen (secondary N) is 3. The van der Waals surface area contributed by atoms with Gasteiger partial charge >= 0.3 is 0 Å². The standard InChI is InChI=1S/3C5H12.C4H5N.2C3H4N2.3C2H6/c3*1-5(2,3)4;1-2-4-5-3-1;1-2-5-3-4-1;1-2-4-5-3-1;3*1-2/h3*1-4H3;1-5H;2*1-3H,(H,4,5);3*1-2H3. The van der Waals surface area contributed by atoms with Gasteiger partial charge in [-0.15, -0.1) is 0 Å². The quantitative estimate of drug-likeness (QED) is 0.282. The molecular formula is C31H67N5. The molecule has 3 aromatic heterocycles. The molecule has 0 aliphatic rings. The lowest BCUT2D eigenvalue weighted by atomic mass is 10.0. The number of aromatic nitrogens is 5. The van der Waals surface area contributed by atoms with Crippen molar-refractivity contribution in [1.82, 2.24) is 25.1 Å². The summed E-state index contributed by atoms with van der Waals surface area (Å²) >= 11 is 0. The van der Waals surface area contributed by atoms with E-state index in [1.807, 2.05) is 72.1 Å². The van der Waals surface area contributed by atoms with Crippen LogP contribution < -0.4 is 0 Å². The van der Waals surface area contributed by atoms with Gasteiger partial charge in [0.05, 0.1) is 6.33 Å². The second-order valence-electron chi connectivity index (χ2n) is 11.4. The molecule has 0 saturated heterocycles. The van der Waals surface area contributed by atoms with Crippen molar-refractivity contribution < 1.29 is 0 Å². The van der Waals surface area contributed by atoms with Crippen LogP contribution in [-0.4, -0.2) is 25.1 Å². The van der Waals surface area contributed by atoms with Crippen molar-refractivity contribution in [3.8, 4) is 0 Å². The number of imidazole rings is 1. The minimum absolute atomic E-state index is 0.500. The monoisotopic (exact) mass is 510 g/mol. The Bertz CT molecular complexity index is 431. The summed E-state index contributed by atoms with van der Waals surface area (Å²) in [6.07, 6.45) is 12.3. The molecule has 0 amide bonds. The molecule has 0 fully saturated rings. The SMILES string of the molecule is CC.CC.CC.CC(C)(C)C.CC(C)(C)C.CC(C)(C)C.c1c[nH]cn1.c1cc[nH]c1.c1cn[nH]c1. The van der Waals surface area contributed by atoms with Gasteiger partial charge in [0.15, 0.2) is 0 Å². The third-order valence-electron chi connectivity index (χ3n) is 1.31. The van der Waals surface area contributed by atoms with E-state index in [0.717, 1.165) is 0 Å². The smallest absolute Gasteiger partial charge is 0.0919 e. The summed E-state index contributed by atoms with van der Waals surface area (Å²) in [7, 11) is 0. The highest BCUT2D eigenvalue weighted by molar-refractivity contribution is 4.84. The van der Waals surface area contributed by atoms with Crippen LogP contribution in [0.3, 0.4) is 0 Å². The van der Waals surface area contributed by atoms with Gasteiger partial charge in [0.1, 0.15) is 0 Å². The first-order valence-corrected chi connectivity index (χ1v) is 13.4. The Morgan fingerprint density at radius 2 is 0.806 bits per heavy atom. The van der Waals surface area contributed by atoms with Crippen molar-refractivity contribution in [1.29, 1.82) is 0 Å². The second-order valence-corrected chi connectivity index (χ2v) is 11.4. The van der Waals surface area contributed by atoms with E-state index in [4.69, 9.17) is 0 Å². The van der Waals surface area contributed by atoms with Gasteiger partial charge in [-0.25, -0.2) is 4.98 Å². The van der Waals surface area contributed by atoms with Crippen LogP contribution >= 0.6 is 0 Å². The zero-order chi connectivity index (χ0) is 30.1. The van der Waals surface area contributed by atoms with Crippen LogP contribution in [0.4, 0.5) is 0 Å². The second kappa shape index (κ2) is 34.9. The minimum atomic E-state index is 0.500. The van der Waals surface area contributed by atoms with E-state index in [0.29, 0.717) is 16.2 Å². The summed E-state index contributed by atoms with van der Waals surface area (Å²) in [5, 5.41) is 6.21. The Morgan fingerprint density at radius 3 is 0.889 bits per heavy atom. The summed E-state index contributed by atoms with van der Waals surface area (Å²) < 4.78 is 0. The van der Waals surface area contributed by atoms with Crippen molar-refractivity contribution >= 4 is 0 Å². The fourth-order valence-electron chi connectivity index (χ4n) is 0.708.